The van der Waals surface area contributed by atoms with Gasteiger partial charge in [-0.15, -0.1) is 0 Å². The normalized spacial score (nSPS) is 15.2. The van der Waals surface area contributed by atoms with E-state index in [2.05, 4.69) is 22.3 Å². The van der Waals surface area contributed by atoms with E-state index in [1.807, 2.05) is 23.1 Å². The zero-order valence-corrected chi connectivity index (χ0v) is 15.7. The molecule has 1 fully saturated rings. The maximum absolute atomic E-state index is 12.7. The molecule has 0 unspecified atom stereocenters. The Labute approximate surface area is 159 Å². The first-order chi connectivity index (χ1) is 13.1. The van der Waals surface area contributed by atoms with Crippen molar-refractivity contribution in [2.24, 2.45) is 0 Å². The van der Waals surface area contributed by atoms with Crippen LogP contribution in [0.4, 0.5) is 5.69 Å². The van der Waals surface area contributed by atoms with Gasteiger partial charge in [0.1, 0.15) is 11.8 Å². The summed E-state index contributed by atoms with van der Waals surface area (Å²) in [5.41, 5.74) is 1.59. The topological polar surface area (TPSA) is 61.9 Å². The van der Waals surface area contributed by atoms with E-state index >= 15 is 0 Å². The second-order valence-corrected chi connectivity index (χ2v) is 6.54. The third kappa shape index (κ3) is 4.39. The highest BCUT2D eigenvalue weighted by molar-refractivity contribution is 5.99. The molecule has 1 N–H and O–H groups in total. The molecule has 0 aliphatic carbocycles. The summed E-state index contributed by atoms with van der Waals surface area (Å²) in [4.78, 5) is 29.3. The Kier molecular flexibility index (Phi) is 5.96. The van der Waals surface area contributed by atoms with Crippen LogP contribution in [0, 0.1) is 0 Å². The Balaban J connectivity index is 1.56. The van der Waals surface area contributed by atoms with E-state index in [0.717, 1.165) is 13.1 Å². The van der Waals surface area contributed by atoms with E-state index < -0.39 is 6.04 Å². The molecule has 0 saturated carbocycles. The lowest BCUT2D eigenvalue weighted by Gasteiger charge is -2.37. The molecule has 1 saturated heterocycles. The fourth-order valence-corrected chi connectivity index (χ4v) is 3.27. The van der Waals surface area contributed by atoms with Gasteiger partial charge in [-0.2, -0.15) is 0 Å². The van der Waals surface area contributed by atoms with Gasteiger partial charge in [0.05, 0.1) is 12.7 Å². The minimum Gasteiger partial charge on any atom is -0.496 e. The van der Waals surface area contributed by atoms with Crippen LogP contribution in [-0.4, -0.2) is 56.0 Å². The van der Waals surface area contributed by atoms with Crippen molar-refractivity contribution in [3.05, 3.63) is 60.2 Å². The van der Waals surface area contributed by atoms with Gasteiger partial charge in [-0.1, -0.05) is 30.3 Å². The first-order valence-corrected chi connectivity index (χ1v) is 9.13. The van der Waals surface area contributed by atoms with Crippen LogP contribution >= 0.6 is 0 Å². The monoisotopic (exact) mass is 367 g/mol. The molecular formula is C21H25N3O3. The summed E-state index contributed by atoms with van der Waals surface area (Å²) < 4.78 is 5.22. The molecule has 2 amide bonds. The number of hydrogen-bond donors (Lipinski definition) is 1. The number of rotatable bonds is 5. The Hall–Kier alpha value is -3.02. The van der Waals surface area contributed by atoms with E-state index in [0.29, 0.717) is 24.4 Å². The maximum Gasteiger partial charge on any atom is 0.255 e. The largest absolute Gasteiger partial charge is 0.496 e. The summed E-state index contributed by atoms with van der Waals surface area (Å²) in [5.74, 6) is 0.119. The van der Waals surface area contributed by atoms with Gasteiger partial charge in [0.15, 0.2) is 0 Å². The third-order valence-corrected chi connectivity index (χ3v) is 4.78. The van der Waals surface area contributed by atoms with Crippen LogP contribution in [0.1, 0.15) is 17.3 Å². The number of amides is 2. The molecule has 1 aliphatic rings. The van der Waals surface area contributed by atoms with Crippen LogP contribution < -0.4 is 15.0 Å². The van der Waals surface area contributed by atoms with Crippen molar-refractivity contribution in [3.8, 4) is 5.75 Å². The van der Waals surface area contributed by atoms with E-state index in [9.17, 15) is 9.59 Å². The van der Waals surface area contributed by atoms with E-state index in [-0.39, 0.29) is 11.8 Å². The van der Waals surface area contributed by atoms with Gasteiger partial charge in [0.25, 0.3) is 5.91 Å². The van der Waals surface area contributed by atoms with E-state index in [1.165, 1.54) is 12.8 Å². The molecule has 6 heteroatoms. The lowest BCUT2D eigenvalue weighted by Crippen LogP contribution is -2.54. The second-order valence-electron chi connectivity index (χ2n) is 6.54. The molecule has 142 valence electrons. The standard InChI is InChI=1S/C21H25N3O3/c1-16(22-20(25)18-10-6-7-11-19(18)27-2)21(26)24-14-12-23(13-15-24)17-8-4-3-5-9-17/h3-11,16H,12-15H2,1-2H3,(H,22,25)/t16-/m0/s1. The molecule has 1 heterocycles. The summed E-state index contributed by atoms with van der Waals surface area (Å²) in [7, 11) is 1.52. The van der Waals surface area contributed by atoms with Crippen LogP contribution in [0.15, 0.2) is 54.6 Å². The average Bonchev–Trinajstić information content (AvgIpc) is 2.73. The predicted molar refractivity (Wildman–Crippen MR) is 105 cm³/mol. The quantitative estimate of drug-likeness (QED) is 0.880. The van der Waals surface area contributed by atoms with Gasteiger partial charge in [-0.3, -0.25) is 9.59 Å². The lowest BCUT2D eigenvalue weighted by atomic mass is 10.1. The molecular weight excluding hydrogens is 342 g/mol. The van der Waals surface area contributed by atoms with Gasteiger partial charge >= 0.3 is 0 Å². The van der Waals surface area contributed by atoms with Crippen LogP contribution in [0.5, 0.6) is 5.75 Å². The van der Waals surface area contributed by atoms with Gasteiger partial charge in [-0.05, 0) is 31.2 Å². The predicted octanol–water partition coefficient (Wildman–Crippen LogP) is 2.16. The van der Waals surface area contributed by atoms with Gasteiger partial charge in [0, 0.05) is 31.9 Å². The summed E-state index contributed by atoms with van der Waals surface area (Å²) in [6.45, 7) is 4.57. The zero-order valence-electron chi connectivity index (χ0n) is 15.7. The van der Waals surface area contributed by atoms with Crippen molar-refractivity contribution in [2.45, 2.75) is 13.0 Å². The van der Waals surface area contributed by atoms with Gasteiger partial charge < -0.3 is 19.9 Å². The number of piperazine rings is 1. The number of methoxy groups -OCH3 is 1. The SMILES string of the molecule is COc1ccccc1C(=O)N[C@@H](C)C(=O)N1CCN(c2ccccc2)CC1. The molecule has 2 aromatic carbocycles. The number of ether oxygens (including phenoxy) is 1. The fourth-order valence-electron chi connectivity index (χ4n) is 3.27. The third-order valence-electron chi connectivity index (χ3n) is 4.78. The first-order valence-electron chi connectivity index (χ1n) is 9.13. The number of hydrogen-bond acceptors (Lipinski definition) is 4. The number of nitrogens with zero attached hydrogens (tertiary/aromatic N) is 2. The molecule has 2 aromatic rings. The minimum absolute atomic E-state index is 0.0639. The average molecular weight is 367 g/mol. The molecule has 1 aliphatic heterocycles. The number of nitrogens with one attached hydrogen (secondary N) is 1. The molecule has 6 nitrogen and oxygen atoms in total. The van der Waals surface area contributed by atoms with Crippen molar-refractivity contribution in [1.29, 1.82) is 0 Å². The Bertz CT molecular complexity index is 786. The van der Waals surface area contributed by atoms with Crippen LogP contribution in [0.25, 0.3) is 0 Å². The van der Waals surface area contributed by atoms with Gasteiger partial charge in [0.2, 0.25) is 5.91 Å². The molecule has 0 bridgehead atoms. The molecule has 0 radical (unpaired) electrons. The molecule has 1 atom stereocenters. The Morgan fingerprint density at radius 3 is 2.26 bits per heavy atom. The van der Waals surface area contributed by atoms with Crippen molar-refractivity contribution < 1.29 is 14.3 Å². The Morgan fingerprint density at radius 1 is 0.963 bits per heavy atom. The smallest absolute Gasteiger partial charge is 0.255 e. The molecule has 0 aromatic heterocycles. The summed E-state index contributed by atoms with van der Waals surface area (Å²) in [6, 6.07) is 16.6. The first kappa shape index (κ1) is 18.8. The van der Waals surface area contributed by atoms with Crippen molar-refractivity contribution >= 4 is 17.5 Å². The number of benzene rings is 2. The van der Waals surface area contributed by atoms with Crippen LogP contribution in [0.2, 0.25) is 0 Å². The number of para-hydroxylation sites is 2. The highest BCUT2D eigenvalue weighted by atomic mass is 16.5. The summed E-state index contributed by atoms with van der Waals surface area (Å²) >= 11 is 0. The summed E-state index contributed by atoms with van der Waals surface area (Å²) in [5, 5.41) is 2.79. The fraction of sp³-hybridized carbons (Fsp3) is 0.333. The van der Waals surface area contributed by atoms with Crippen molar-refractivity contribution in [1.82, 2.24) is 10.2 Å². The van der Waals surface area contributed by atoms with Crippen molar-refractivity contribution in [3.63, 3.8) is 0 Å². The van der Waals surface area contributed by atoms with Crippen molar-refractivity contribution in [2.75, 3.05) is 38.2 Å². The maximum atomic E-state index is 12.7. The van der Waals surface area contributed by atoms with Crippen LogP contribution in [0.3, 0.4) is 0 Å². The minimum atomic E-state index is -0.592. The summed E-state index contributed by atoms with van der Waals surface area (Å²) in [6.07, 6.45) is 0. The number of carbonyl (C=O) groups excluding carboxylic acids is 2. The highest BCUT2D eigenvalue weighted by Crippen LogP contribution is 2.18. The number of anilines is 1. The second kappa shape index (κ2) is 8.58. The number of carbonyl (C=O) groups is 2. The molecule has 3 rings (SSSR count). The lowest BCUT2D eigenvalue weighted by molar-refractivity contribution is -0.133. The van der Waals surface area contributed by atoms with E-state index in [1.54, 1.807) is 31.2 Å². The van der Waals surface area contributed by atoms with E-state index in [4.69, 9.17) is 4.74 Å². The van der Waals surface area contributed by atoms with Gasteiger partial charge in [-0.25, -0.2) is 0 Å². The molecule has 27 heavy (non-hydrogen) atoms. The molecule has 0 spiro atoms. The zero-order chi connectivity index (χ0) is 19.2. The highest BCUT2D eigenvalue weighted by Gasteiger charge is 2.26. The Morgan fingerprint density at radius 2 is 1.59 bits per heavy atom. The van der Waals surface area contributed by atoms with Crippen LogP contribution in [-0.2, 0) is 4.79 Å².